The second-order valence-corrected chi connectivity index (χ2v) is 11.9. The average molecular weight is 852 g/mol. The lowest BCUT2D eigenvalue weighted by molar-refractivity contribution is -0.199. The topological polar surface area (TPSA) is 314 Å². The third-order valence-corrected chi connectivity index (χ3v) is 7.17. The Bertz CT molecular complexity index is 1330. The molecule has 5 N–H and O–H groups in total. The maximum atomic E-state index is 12.0. The molecule has 1 unspecified atom stereocenters. The van der Waals surface area contributed by atoms with E-state index >= 15 is 0 Å². The van der Waals surface area contributed by atoms with Crippen molar-refractivity contribution in [3.05, 3.63) is 0 Å². The summed E-state index contributed by atoms with van der Waals surface area (Å²) in [5.74, 6) is -4.46. The number of carbonyl (C=O) groups excluding carboxylic acids is 10. The first-order valence-electron chi connectivity index (χ1n) is 17.9. The Kier molecular flexibility index (Phi) is 28.7. The van der Waals surface area contributed by atoms with Crippen LogP contribution in [0.15, 0.2) is 0 Å². The number of hydroxylamine groups is 4. The van der Waals surface area contributed by atoms with Crippen LogP contribution < -0.4 is 21.3 Å². The second-order valence-electron chi connectivity index (χ2n) is 11.9. The Morgan fingerprint density at radius 2 is 1.14 bits per heavy atom. The van der Waals surface area contributed by atoms with Gasteiger partial charge in [-0.2, -0.15) is 0 Å². The molecular weight excluding hydrogens is 798 g/mol. The number of hydrogen-bond acceptors (Lipinski definition) is 19. The van der Waals surface area contributed by atoms with Gasteiger partial charge in [0.05, 0.1) is 19.6 Å². The van der Waals surface area contributed by atoms with Crippen LogP contribution in [0.5, 0.6) is 0 Å². The van der Waals surface area contributed by atoms with E-state index in [0.717, 1.165) is 0 Å². The van der Waals surface area contributed by atoms with Gasteiger partial charge in [0.1, 0.15) is 25.4 Å². The first kappa shape index (κ1) is 52.6. The number of ether oxygens (including phenoxy) is 5. The summed E-state index contributed by atoms with van der Waals surface area (Å²) in [6.45, 7) is 3.84. The molecular formula is C33H53N7O17S. The quantitative estimate of drug-likeness (QED) is 0.0587. The predicted molar refractivity (Wildman–Crippen MR) is 196 cm³/mol. The molecule has 0 aromatic carbocycles. The molecule has 2 aliphatic heterocycles. The lowest BCUT2D eigenvalue weighted by atomic mass is 10.1. The van der Waals surface area contributed by atoms with E-state index < -0.39 is 65.8 Å². The van der Waals surface area contributed by atoms with Crippen LogP contribution in [0.4, 0.5) is 9.59 Å². The zero-order valence-electron chi connectivity index (χ0n) is 32.9. The van der Waals surface area contributed by atoms with E-state index in [4.69, 9.17) is 38.1 Å². The minimum atomic E-state index is -0.953. The molecule has 2 heterocycles. The number of nitrogens with zero attached hydrogens (tertiary/aromatic N) is 2. The summed E-state index contributed by atoms with van der Waals surface area (Å²) in [4.78, 5) is 124. The minimum absolute atomic E-state index is 0.00757. The third kappa shape index (κ3) is 24.3. The van der Waals surface area contributed by atoms with E-state index in [1.807, 2.05) is 0 Å². The summed E-state index contributed by atoms with van der Waals surface area (Å²) >= 11 is 3.33. The number of alkyl carbamates (subject to hydrolysis) is 2. The molecule has 0 aromatic heterocycles. The Labute approximate surface area is 339 Å². The number of unbranched alkanes of at least 4 members (excludes halogenated alkanes) is 1. The monoisotopic (exact) mass is 851 g/mol. The molecule has 2 saturated heterocycles. The maximum absolute atomic E-state index is 12.0. The molecule has 2 fully saturated rings. The summed E-state index contributed by atoms with van der Waals surface area (Å²) in [6, 6.07) is -0.953. The molecule has 58 heavy (non-hydrogen) atoms. The van der Waals surface area contributed by atoms with Gasteiger partial charge in [0, 0.05) is 92.4 Å². The smallest absolute Gasteiger partial charge is 0.407 e. The third-order valence-electron chi connectivity index (χ3n) is 7.17. The Morgan fingerprint density at radius 3 is 1.59 bits per heavy atom. The summed E-state index contributed by atoms with van der Waals surface area (Å²) in [7, 11) is 2.98. The van der Waals surface area contributed by atoms with Gasteiger partial charge in [0.2, 0.25) is 11.8 Å². The standard InChI is InChI=1S/C19H31N3O11.C14H21N3O6.HNS/c1-28-10-7-20-18(26)31-12-14(13-32-19(27)21-8-11-29-2)30-9-3-4-17(25)33-22-15(23)5-6-16(22)24;1-9(18)15-8-4-3-5-11(16-10(2)19)14(22)23-17-12(20)6-7-13(17)21;1-2/h14H,3-13H2,1-2H3,(H,20,26)(H,21,27);11H,3-8H2,1-2H3,(H,15,18)(H,16,19);1H. The van der Waals surface area contributed by atoms with Gasteiger partial charge in [0.15, 0.2) is 0 Å². The summed E-state index contributed by atoms with van der Waals surface area (Å²) < 4.78 is 30.6. The molecule has 0 saturated carbocycles. The zero-order chi connectivity index (χ0) is 43.9. The SMILES string of the molecule is CC(=O)NCCCCC(NC(C)=O)C(=O)ON1C(=O)CCC1=O.COCCNC(=O)OCC(COC(=O)NCCOC)OCCCC(=O)ON1C(=O)CCC1=O.N=S. The summed E-state index contributed by atoms with van der Waals surface area (Å²) in [5.41, 5.74) is 0. The van der Waals surface area contributed by atoms with Crippen LogP contribution in [-0.4, -0.2) is 149 Å². The molecule has 0 aliphatic carbocycles. The number of rotatable bonds is 24. The molecule has 2 aliphatic rings. The van der Waals surface area contributed by atoms with Crippen LogP contribution in [0.3, 0.4) is 0 Å². The van der Waals surface area contributed by atoms with Crippen molar-refractivity contribution >= 4 is 72.0 Å². The van der Waals surface area contributed by atoms with Gasteiger partial charge >= 0.3 is 24.1 Å². The largest absolute Gasteiger partial charge is 0.447 e. The first-order chi connectivity index (χ1) is 27.7. The number of methoxy groups -OCH3 is 2. The highest BCUT2D eigenvalue weighted by Crippen LogP contribution is 2.15. The van der Waals surface area contributed by atoms with Crippen LogP contribution in [0, 0.1) is 4.78 Å². The van der Waals surface area contributed by atoms with E-state index in [1.165, 1.54) is 28.1 Å². The molecule has 2 rings (SSSR count). The number of imide groups is 2. The van der Waals surface area contributed by atoms with Crippen molar-refractivity contribution in [2.24, 2.45) is 0 Å². The van der Waals surface area contributed by atoms with Crippen LogP contribution in [-0.2, 0) is 84.1 Å². The van der Waals surface area contributed by atoms with E-state index in [2.05, 4.69) is 33.7 Å². The second kappa shape index (κ2) is 31.7. The molecule has 1 atom stereocenters. The van der Waals surface area contributed by atoms with Crippen molar-refractivity contribution in [2.45, 2.75) is 83.8 Å². The van der Waals surface area contributed by atoms with Gasteiger partial charge in [-0.3, -0.25) is 28.8 Å². The van der Waals surface area contributed by atoms with Gasteiger partial charge in [-0.25, -0.2) is 24.0 Å². The van der Waals surface area contributed by atoms with Crippen LogP contribution >= 0.6 is 0 Å². The van der Waals surface area contributed by atoms with Gasteiger partial charge in [-0.1, -0.05) is 0 Å². The zero-order valence-corrected chi connectivity index (χ0v) is 33.7. The van der Waals surface area contributed by atoms with Crippen molar-refractivity contribution in [3.63, 3.8) is 0 Å². The van der Waals surface area contributed by atoms with Gasteiger partial charge in [-0.05, 0) is 25.7 Å². The molecule has 24 nitrogen and oxygen atoms in total. The van der Waals surface area contributed by atoms with Gasteiger partial charge in [0.25, 0.3) is 23.6 Å². The highest BCUT2D eigenvalue weighted by molar-refractivity contribution is 7.45. The van der Waals surface area contributed by atoms with E-state index in [1.54, 1.807) is 0 Å². The molecule has 0 spiro atoms. The van der Waals surface area contributed by atoms with Crippen molar-refractivity contribution in [3.8, 4) is 0 Å². The lowest BCUT2D eigenvalue weighted by Gasteiger charge is -2.19. The van der Waals surface area contributed by atoms with Crippen LogP contribution in [0.25, 0.3) is 0 Å². The highest BCUT2D eigenvalue weighted by Gasteiger charge is 2.35. The van der Waals surface area contributed by atoms with E-state index in [9.17, 15) is 47.9 Å². The molecule has 0 radical (unpaired) electrons. The summed E-state index contributed by atoms with van der Waals surface area (Å²) in [5, 5.41) is 10.9. The fraction of sp³-hybridized carbons (Fsp3) is 0.697. The molecule has 0 aromatic rings. The van der Waals surface area contributed by atoms with E-state index in [-0.39, 0.29) is 83.8 Å². The van der Waals surface area contributed by atoms with Crippen molar-refractivity contribution in [1.82, 2.24) is 31.4 Å². The van der Waals surface area contributed by atoms with Crippen molar-refractivity contribution in [1.29, 1.82) is 4.78 Å². The first-order valence-corrected chi connectivity index (χ1v) is 18.4. The van der Waals surface area contributed by atoms with Crippen LogP contribution in [0.2, 0.25) is 0 Å². The number of amides is 8. The number of hydrogen-bond donors (Lipinski definition) is 5. The molecule has 25 heteroatoms. The Hall–Kier alpha value is -5.40. The Balaban J connectivity index is 0.00000114. The summed E-state index contributed by atoms with van der Waals surface area (Å²) in [6.07, 6.45) is -0.676. The molecule has 0 bridgehead atoms. The fourth-order valence-electron chi connectivity index (χ4n) is 4.41. The Morgan fingerprint density at radius 1 is 0.655 bits per heavy atom. The fourth-order valence-corrected chi connectivity index (χ4v) is 4.41. The maximum Gasteiger partial charge on any atom is 0.407 e. The number of nitrogens with one attached hydrogen (secondary N) is 5. The van der Waals surface area contributed by atoms with Crippen molar-refractivity contribution in [2.75, 3.05) is 66.9 Å². The van der Waals surface area contributed by atoms with Crippen molar-refractivity contribution < 1.29 is 81.3 Å². The van der Waals surface area contributed by atoms with Crippen LogP contribution in [0.1, 0.15) is 71.6 Å². The lowest BCUT2D eigenvalue weighted by Crippen LogP contribution is -2.44. The predicted octanol–water partition coefficient (Wildman–Crippen LogP) is -0.795. The van der Waals surface area contributed by atoms with Gasteiger partial charge in [-0.15, -0.1) is 10.1 Å². The minimum Gasteiger partial charge on any atom is -0.447 e. The molecule has 8 amide bonds. The molecule has 328 valence electrons. The van der Waals surface area contributed by atoms with Gasteiger partial charge < -0.3 is 54.6 Å². The normalized spacial score (nSPS) is 13.7. The average Bonchev–Trinajstić information content (AvgIpc) is 3.67. The van der Waals surface area contributed by atoms with E-state index in [0.29, 0.717) is 42.7 Å². The highest BCUT2D eigenvalue weighted by atomic mass is 32.1. The number of carbonyl (C=O) groups is 10.